The molecule has 3 unspecified atom stereocenters. The molecule has 2 amide bonds. The summed E-state index contributed by atoms with van der Waals surface area (Å²) in [5, 5.41) is 0. The van der Waals surface area contributed by atoms with Crippen molar-refractivity contribution in [2.24, 2.45) is 5.92 Å². The Morgan fingerprint density at radius 1 is 1.38 bits per heavy atom. The Balaban J connectivity index is 1.82. The van der Waals surface area contributed by atoms with E-state index in [4.69, 9.17) is 4.74 Å². The normalized spacial score (nSPS) is 35.7. The predicted octanol–water partition coefficient (Wildman–Crippen LogP) is 2.31. The summed E-state index contributed by atoms with van der Waals surface area (Å²) >= 11 is 1.89. The van der Waals surface area contributed by atoms with Crippen molar-refractivity contribution < 1.29 is 14.3 Å². The van der Waals surface area contributed by atoms with E-state index in [1.165, 1.54) is 0 Å². The Morgan fingerprint density at radius 3 is 2.76 bits per heavy atom. The maximum Gasteiger partial charge on any atom is 0.410 e. The van der Waals surface area contributed by atoms with Crippen LogP contribution in [0.1, 0.15) is 40.5 Å². The van der Waals surface area contributed by atoms with Crippen molar-refractivity contribution >= 4 is 23.8 Å². The number of fused-ring (bicyclic) bond motifs is 1. The van der Waals surface area contributed by atoms with Crippen LogP contribution in [0.2, 0.25) is 0 Å². The Labute approximate surface area is 130 Å². The molecule has 3 heterocycles. The zero-order valence-electron chi connectivity index (χ0n) is 13.2. The summed E-state index contributed by atoms with van der Waals surface area (Å²) in [6, 6.07) is -0.0250. The second kappa shape index (κ2) is 4.80. The fourth-order valence-corrected chi connectivity index (χ4v) is 5.22. The van der Waals surface area contributed by atoms with Gasteiger partial charge < -0.3 is 14.5 Å². The molecule has 0 aromatic rings. The number of hydrogen-bond donors (Lipinski definition) is 0. The lowest BCUT2D eigenvalue weighted by Gasteiger charge is -2.54. The fraction of sp³-hybridized carbons (Fsp3) is 0.867. The molecule has 1 spiro atoms. The molecule has 0 N–H and O–H groups in total. The topological polar surface area (TPSA) is 49.9 Å². The van der Waals surface area contributed by atoms with Gasteiger partial charge in [0.1, 0.15) is 5.60 Å². The molecule has 3 fully saturated rings. The van der Waals surface area contributed by atoms with E-state index in [2.05, 4.69) is 4.90 Å². The molecule has 0 radical (unpaired) electrons. The first kappa shape index (κ1) is 15.0. The van der Waals surface area contributed by atoms with Gasteiger partial charge in [0.25, 0.3) is 0 Å². The van der Waals surface area contributed by atoms with Crippen LogP contribution in [0, 0.1) is 5.92 Å². The number of rotatable bonds is 0. The number of thioether (sulfide) groups is 1. The summed E-state index contributed by atoms with van der Waals surface area (Å²) in [5.41, 5.74) is -0.498. The molecule has 3 rings (SSSR count). The fourth-order valence-electron chi connectivity index (χ4n) is 3.70. The average molecular weight is 312 g/mol. The van der Waals surface area contributed by atoms with Gasteiger partial charge in [-0.2, -0.15) is 0 Å². The first-order valence-corrected chi connectivity index (χ1v) is 8.67. The lowest BCUT2D eigenvalue weighted by molar-refractivity contribution is -0.149. The monoisotopic (exact) mass is 312 g/mol. The molecule has 6 heteroatoms. The molecular weight excluding hydrogens is 288 g/mol. The smallest absolute Gasteiger partial charge is 0.410 e. The van der Waals surface area contributed by atoms with Crippen molar-refractivity contribution in [2.45, 2.75) is 57.1 Å². The van der Waals surface area contributed by atoms with E-state index in [-0.39, 0.29) is 28.8 Å². The van der Waals surface area contributed by atoms with E-state index in [0.29, 0.717) is 6.54 Å². The van der Waals surface area contributed by atoms with Gasteiger partial charge in [-0.25, -0.2) is 4.79 Å². The minimum Gasteiger partial charge on any atom is -0.444 e. The summed E-state index contributed by atoms with van der Waals surface area (Å²) in [4.78, 5) is 28.8. The Hall–Kier alpha value is -0.910. The van der Waals surface area contributed by atoms with Gasteiger partial charge in [-0.05, 0) is 27.2 Å². The molecule has 0 aliphatic carbocycles. The van der Waals surface area contributed by atoms with E-state index in [9.17, 15) is 9.59 Å². The largest absolute Gasteiger partial charge is 0.444 e. The van der Waals surface area contributed by atoms with Crippen LogP contribution >= 0.6 is 11.8 Å². The van der Waals surface area contributed by atoms with E-state index in [1.54, 1.807) is 4.90 Å². The van der Waals surface area contributed by atoms with E-state index in [1.807, 2.05) is 39.5 Å². The molecule has 5 nitrogen and oxygen atoms in total. The number of piperidine rings is 2. The van der Waals surface area contributed by atoms with Gasteiger partial charge in [0, 0.05) is 31.3 Å². The van der Waals surface area contributed by atoms with Crippen LogP contribution in [-0.2, 0) is 9.53 Å². The van der Waals surface area contributed by atoms with Crippen molar-refractivity contribution in [1.82, 2.24) is 9.80 Å². The van der Waals surface area contributed by atoms with Gasteiger partial charge in [0.05, 0.1) is 10.8 Å². The number of nitrogens with zero attached hydrogens (tertiary/aromatic N) is 2. The van der Waals surface area contributed by atoms with Gasteiger partial charge >= 0.3 is 6.09 Å². The molecular formula is C15H24N2O3S. The minimum absolute atomic E-state index is 0.0250. The number of amides is 2. The molecule has 0 aromatic heterocycles. The van der Waals surface area contributed by atoms with Crippen LogP contribution in [0.4, 0.5) is 4.79 Å². The van der Waals surface area contributed by atoms with Gasteiger partial charge in [0.15, 0.2) is 0 Å². The van der Waals surface area contributed by atoms with Crippen molar-refractivity contribution in [3.63, 3.8) is 0 Å². The molecule has 118 valence electrons. The summed E-state index contributed by atoms with van der Waals surface area (Å²) in [6.45, 7) is 9.11. The molecule has 0 saturated carbocycles. The number of carbonyl (C=O) groups is 2. The maximum atomic E-state index is 12.6. The molecule has 0 aromatic carbocycles. The third-order valence-corrected chi connectivity index (χ3v) is 6.23. The highest BCUT2D eigenvalue weighted by Crippen LogP contribution is 2.51. The lowest BCUT2D eigenvalue weighted by Crippen LogP contribution is -2.66. The van der Waals surface area contributed by atoms with Crippen LogP contribution < -0.4 is 0 Å². The van der Waals surface area contributed by atoms with Crippen LogP contribution in [0.5, 0.6) is 0 Å². The van der Waals surface area contributed by atoms with Gasteiger partial charge in [0.2, 0.25) is 5.91 Å². The average Bonchev–Trinajstić information content (AvgIpc) is 2.77. The second-order valence-corrected chi connectivity index (χ2v) is 8.73. The minimum atomic E-state index is -0.498. The van der Waals surface area contributed by atoms with Crippen LogP contribution in [0.3, 0.4) is 0 Å². The standard InChI is InChI=1S/C15H24N2O3S/c1-10-11-9-15(17(12(10)18)7-8-21-15)5-6-16(11)13(19)20-14(2,3)4/h10-11H,5-9H2,1-4H3. The maximum absolute atomic E-state index is 12.6. The lowest BCUT2D eigenvalue weighted by atomic mass is 9.82. The number of hydrogen-bond acceptors (Lipinski definition) is 4. The van der Waals surface area contributed by atoms with Crippen molar-refractivity contribution in [2.75, 3.05) is 18.8 Å². The zero-order valence-corrected chi connectivity index (χ0v) is 14.0. The Bertz CT molecular complexity index is 476. The Morgan fingerprint density at radius 2 is 2.10 bits per heavy atom. The summed E-state index contributed by atoms with van der Waals surface area (Å²) < 4.78 is 5.52. The second-order valence-electron chi connectivity index (χ2n) is 7.27. The SMILES string of the molecule is CC1C(=O)N2CCSC23CCN(C(=O)OC(C)(C)C)C1C3. The van der Waals surface area contributed by atoms with Gasteiger partial charge in [-0.3, -0.25) is 4.79 Å². The zero-order chi connectivity index (χ0) is 15.4. The Kier molecular flexibility index (Phi) is 3.43. The molecule has 3 saturated heterocycles. The summed E-state index contributed by atoms with van der Waals surface area (Å²) in [5.74, 6) is 1.08. The highest BCUT2D eigenvalue weighted by molar-refractivity contribution is 8.00. The van der Waals surface area contributed by atoms with Crippen molar-refractivity contribution in [3.8, 4) is 0 Å². The quantitative estimate of drug-likeness (QED) is 0.689. The third-order valence-electron chi connectivity index (χ3n) is 4.71. The molecule has 2 bridgehead atoms. The number of likely N-dealkylation sites (tertiary alicyclic amines) is 1. The molecule has 3 aliphatic rings. The molecule has 3 aliphatic heterocycles. The van der Waals surface area contributed by atoms with Gasteiger partial charge in [-0.15, -0.1) is 11.8 Å². The first-order valence-electron chi connectivity index (χ1n) is 7.69. The van der Waals surface area contributed by atoms with E-state index in [0.717, 1.165) is 25.1 Å². The van der Waals surface area contributed by atoms with Crippen LogP contribution in [0.15, 0.2) is 0 Å². The van der Waals surface area contributed by atoms with E-state index < -0.39 is 5.60 Å². The van der Waals surface area contributed by atoms with Crippen LogP contribution in [-0.4, -0.2) is 57.2 Å². The first-order chi connectivity index (χ1) is 9.73. The number of ether oxygens (including phenoxy) is 1. The predicted molar refractivity (Wildman–Crippen MR) is 82.0 cm³/mol. The van der Waals surface area contributed by atoms with Crippen molar-refractivity contribution in [1.29, 1.82) is 0 Å². The van der Waals surface area contributed by atoms with Gasteiger partial charge in [-0.1, -0.05) is 6.92 Å². The third kappa shape index (κ3) is 2.41. The highest BCUT2D eigenvalue weighted by atomic mass is 32.2. The van der Waals surface area contributed by atoms with Crippen LogP contribution in [0.25, 0.3) is 0 Å². The van der Waals surface area contributed by atoms with Crippen molar-refractivity contribution in [3.05, 3.63) is 0 Å². The molecule has 3 atom stereocenters. The molecule has 21 heavy (non-hydrogen) atoms. The summed E-state index contributed by atoms with van der Waals surface area (Å²) in [6.07, 6.45) is 1.45. The van der Waals surface area contributed by atoms with E-state index >= 15 is 0 Å². The number of carbonyl (C=O) groups excluding carboxylic acids is 2. The summed E-state index contributed by atoms with van der Waals surface area (Å²) in [7, 11) is 0. The highest BCUT2D eigenvalue weighted by Gasteiger charge is 2.57.